The zero-order valence-corrected chi connectivity index (χ0v) is 12.9. The first-order chi connectivity index (χ1) is 11.1. The lowest BCUT2D eigenvalue weighted by Gasteiger charge is -2.35. The van der Waals surface area contributed by atoms with Crippen molar-refractivity contribution >= 4 is 11.9 Å². The Bertz CT molecular complexity index is 694. The SMILES string of the molecule is CC1CN(C(=O)c2ccc(-n3ccnc3)cc2)CCC1C(=O)O. The van der Waals surface area contributed by atoms with Crippen molar-refractivity contribution in [1.29, 1.82) is 0 Å². The fraction of sp³-hybridized carbons (Fsp3) is 0.353. The summed E-state index contributed by atoms with van der Waals surface area (Å²) in [6, 6.07) is 7.35. The summed E-state index contributed by atoms with van der Waals surface area (Å²) in [6.07, 6.45) is 5.76. The zero-order valence-electron chi connectivity index (χ0n) is 12.9. The van der Waals surface area contributed by atoms with Crippen molar-refractivity contribution in [2.45, 2.75) is 13.3 Å². The Morgan fingerprint density at radius 1 is 1.26 bits per heavy atom. The van der Waals surface area contributed by atoms with E-state index in [0.717, 1.165) is 5.69 Å². The summed E-state index contributed by atoms with van der Waals surface area (Å²) in [5, 5.41) is 9.16. The lowest BCUT2D eigenvalue weighted by atomic mass is 9.87. The maximum atomic E-state index is 12.6. The van der Waals surface area contributed by atoms with E-state index in [0.29, 0.717) is 25.1 Å². The molecule has 0 aliphatic carbocycles. The van der Waals surface area contributed by atoms with Gasteiger partial charge in [-0.3, -0.25) is 9.59 Å². The molecule has 2 atom stereocenters. The predicted octanol–water partition coefficient (Wildman–Crippen LogP) is 2.06. The molecular formula is C17H19N3O3. The number of carboxylic acids is 1. The summed E-state index contributed by atoms with van der Waals surface area (Å²) in [6.45, 7) is 2.86. The summed E-state index contributed by atoms with van der Waals surface area (Å²) >= 11 is 0. The van der Waals surface area contributed by atoms with Gasteiger partial charge >= 0.3 is 5.97 Å². The smallest absolute Gasteiger partial charge is 0.306 e. The van der Waals surface area contributed by atoms with Gasteiger partial charge in [-0.1, -0.05) is 6.92 Å². The number of likely N-dealkylation sites (tertiary alicyclic amines) is 1. The summed E-state index contributed by atoms with van der Waals surface area (Å²) in [4.78, 5) is 29.5. The molecule has 0 radical (unpaired) electrons. The highest BCUT2D eigenvalue weighted by atomic mass is 16.4. The molecule has 120 valence electrons. The van der Waals surface area contributed by atoms with Crippen LogP contribution in [0.4, 0.5) is 0 Å². The minimum absolute atomic E-state index is 0.0320. The van der Waals surface area contributed by atoms with Gasteiger partial charge in [-0.25, -0.2) is 4.98 Å². The molecule has 2 heterocycles. The summed E-state index contributed by atoms with van der Waals surface area (Å²) in [7, 11) is 0. The molecule has 0 bridgehead atoms. The van der Waals surface area contributed by atoms with E-state index in [1.807, 2.05) is 29.8 Å². The molecule has 1 N–H and O–H groups in total. The number of hydrogen-bond donors (Lipinski definition) is 1. The Hall–Kier alpha value is -2.63. The zero-order chi connectivity index (χ0) is 16.4. The van der Waals surface area contributed by atoms with E-state index in [4.69, 9.17) is 5.11 Å². The maximum Gasteiger partial charge on any atom is 0.306 e. The van der Waals surface area contributed by atoms with Gasteiger partial charge in [0.15, 0.2) is 0 Å². The second kappa shape index (κ2) is 6.24. The van der Waals surface area contributed by atoms with Gasteiger partial charge in [-0.05, 0) is 36.6 Å². The lowest BCUT2D eigenvalue weighted by molar-refractivity contribution is -0.145. The van der Waals surface area contributed by atoms with Gasteiger partial charge in [0.05, 0.1) is 12.2 Å². The summed E-state index contributed by atoms with van der Waals surface area (Å²) in [5.41, 5.74) is 1.56. The van der Waals surface area contributed by atoms with Crippen molar-refractivity contribution in [2.75, 3.05) is 13.1 Å². The molecule has 1 aromatic carbocycles. The van der Waals surface area contributed by atoms with Crippen LogP contribution >= 0.6 is 0 Å². The van der Waals surface area contributed by atoms with Crippen molar-refractivity contribution in [3.63, 3.8) is 0 Å². The Balaban J connectivity index is 1.70. The van der Waals surface area contributed by atoms with E-state index in [9.17, 15) is 9.59 Å². The normalized spacial score (nSPS) is 21.2. The molecule has 2 unspecified atom stereocenters. The van der Waals surface area contributed by atoms with Gasteiger partial charge in [0.25, 0.3) is 5.91 Å². The molecule has 6 nitrogen and oxygen atoms in total. The number of carboxylic acid groups (broad SMARTS) is 1. The molecular weight excluding hydrogens is 294 g/mol. The number of benzene rings is 1. The molecule has 1 aliphatic heterocycles. The largest absolute Gasteiger partial charge is 0.481 e. The molecule has 1 aliphatic rings. The quantitative estimate of drug-likeness (QED) is 0.941. The molecule has 23 heavy (non-hydrogen) atoms. The van der Waals surface area contributed by atoms with Crippen LogP contribution in [0.2, 0.25) is 0 Å². The molecule has 0 spiro atoms. The number of nitrogens with zero attached hydrogens (tertiary/aromatic N) is 3. The predicted molar refractivity (Wildman–Crippen MR) is 84.4 cm³/mol. The van der Waals surface area contributed by atoms with Crippen molar-refractivity contribution in [2.24, 2.45) is 11.8 Å². The first kappa shape index (κ1) is 15.3. The third kappa shape index (κ3) is 3.11. The van der Waals surface area contributed by atoms with Crippen LogP contribution in [0.3, 0.4) is 0 Å². The number of rotatable bonds is 3. The minimum Gasteiger partial charge on any atom is -0.481 e. The fourth-order valence-electron chi connectivity index (χ4n) is 3.07. The first-order valence-electron chi connectivity index (χ1n) is 7.66. The minimum atomic E-state index is -0.769. The van der Waals surface area contributed by atoms with Crippen LogP contribution in [-0.4, -0.2) is 44.5 Å². The third-order valence-corrected chi connectivity index (χ3v) is 4.43. The second-order valence-corrected chi connectivity index (χ2v) is 5.98. The van der Waals surface area contributed by atoms with E-state index in [2.05, 4.69) is 4.98 Å². The highest BCUT2D eigenvalue weighted by molar-refractivity contribution is 5.94. The van der Waals surface area contributed by atoms with Gasteiger partial charge < -0.3 is 14.6 Å². The third-order valence-electron chi connectivity index (χ3n) is 4.43. The van der Waals surface area contributed by atoms with Crippen molar-refractivity contribution in [3.05, 3.63) is 48.5 Å². The number of amides is 1. The summed E-state index contributed by atoms with van der Waals surface area (Å²) < 4.78 is 1.87. The van der Waals surface area contributed by atoms with Gasteiger partial charge in [-0.2, -0.15) is 0 Å². The van der Waals surface area contributed by atoms with E-state index in [-0.39, 0.29) is 17.7 Å². The van der Waals surface area contributed by atoms with Crippen LogP contribution in [0.1, 0.15) is 23.7 Å². The number of piperidine rings is 1. The van der Waals surface area contributed by atoms with Crippen LogP contribution in [0.25, 0.3) is 5.69 Å². The molecule has 1 amide bonds. The van der Waals surface area contributed by atoms with Gasteiger partial charge in [0.2, 0.25) is 0 Å². The molecule has 0 saturated carbocycles. The van der Waals surface area contributed by atoms with E-state index >= 15 is 0 Å². The van der Waals surface area contributed by atoms with Crippen LogP contribution < -0.4 is 0 Å². The number of carbonyl (C=O) groups is 2. The molecule has 6 heteroatoms. The lowest BCUT2D eigenvalue weighted by Crippen LogP contribution is -2.45. The fourth-order valence-corrected chi connectivity index (χ4v) is 3.07. The van der Waals surface area contributed by atoms with Crippen molar-refractivity contribution in [1.82, 2.24) is 14.5 Å². The Morgan fingerprint density at radius 3 is 2.57 bits per heavy atom. The van der Waals surface area contributed by atoms with E-state index < -0.39 is 5.97 Å². The van der Waals surface area contributed by atoms with Crippen LogP contribution in [0.15, 0.2) is 43.0 Å². The highest BCUT2D eigenvalue weighted by Crippen LogP contribution is 2.25. The maximum absolute atomic E-state index is 12.6. The van der Waals surface area contributed by atoms with Crippen molar-refractivity contribution < 1.29 is 14.7 Å². The Morgan fingerprint density at radius 2 is 2.00 bits per heavy atom. The molecule has 1 fully saturated rings. The number of carbonyl (C=O) groups excluding carboxylic acids is 1. The van der Waals surface area contributed by atoms with Crippen LogP contribution in [0.5, 0.6) is 0 Å². The monoisotopic (exact) mass is 313 g/mol. The Kier molecular flexibility index (Phi) is 4.14. The first-order valence-corrected chi connectivity index (χ1v) is 7.66. The molecule has 3 rings (SSSR count). The summed E-state index contributed by atoms with van der Waals surface area (Å²) in [5.74, 6) is -1.20. The Labute approximate surface area is 134 Å². The topological polar surface area (TPSA) is 75.4 Å². The number of aromatic nitrogens is 2. The van der Waals surface area contributed by atoms with Gasteiger partial charge in [0, 0.05) is 36.7 Å². The average molecular weight is 313 g/mol. The van der Waals surface area contributed by atoms with Crippen LogP contribution in [-0.2, 0) is 4.79 Å². The second-order valence-electron chi connectivity index (χ2n) is 5.98. The number of hydrogen-bond acceptors (Lipinski definition) is 3. The van der Waals surface area contributed by atoms with E-state index in [1.54, 1.807) is 29.6 Å². The number of imidazole rings is 1. The standard InChI is InChI=1S/C17H19N3O3/c1-12-10-19(8-6-15(12)17(22)23)16(21)13-2-4-14(5-3-13)20-9-7-18-11-20/h2-5,7,9,11-12,15H,6,8,10H2,1H3,(H,22,23). The van der Waals surface area contributed by atoms with Gasteiger partial charge in [0.1, 0.15) is 0 Å². The molecule has 1 saturated heterocycles. The molecule has 1 aromatic heterocycles. The van der Waals surface area contributed by atoms with Gasteiger partial charge in [-0.15, -0.1) is 0 Å². The average Bonchev–Trinajstić information content (AvgIpc) is 3.08. The van der Waals surface area contributed by atoms with Crippen LogP contribution in [0, 0.1) is 11.8 Å². The van der Waals surface area contributed by atoms with Crippen molar-refractivity contribution in [3.8, 4) is 5.69 Å². The highest BCUT2D eigenvalue weighted by Gasteiger charge is 2.33. The van der Waals surface area contributed by atoms with E-state index in [1.165, 1.54) is 0 Å². The number of aliphatic carboxylic acids is 1. The molecule has 2 aromatic rings.